The van der Waals surface area contributed by atoms with E-state index in [0.29, 0.717) is 0 Å². The summed E-state index contributed by atoms with van der Waals surface area (Å²) in [6.45, 7) is 0. The molecule has 0 radical (unpaired) electrons. The molecule has 0 aliphatic heterocycles. The minimum atomic E-state index is 0.0405. The molecule has 0 saturated carbocycles. The van der Waals surface area contributed by atoms with Gasteiger partial charge in [0.25, 0.3) is 0 Å². The third-order valence-electron chi connectivity index (χ3n) is 1.49. The van der Waals surface area contributed by atoms with Crippen molar-refractivity contribution in [3.05, 3.63) is 65.1 Å². The van der Waals surface area contributed by atoms with E-state index in [2.05, 4.69) is 4.98 Å². The van der Waals surface area contributed by atoms with Crippen molar-refractivity contribution in [2.24, 2.45) is 0 Å². The topological polar surface area (TPSA) is 58.9 Å². The van der Waals surface area contributed by atoms with Gasteiger partial charge in [-0.05, 0) is 12.1 Å². The summed E-state index contributed by atoms with van der Waals surface area (Å²) in [5, 5.41) is 0. The van der Waals surface area contributed by atoms with Crippen LogP contribution in [-0.2, 0) is 0 Å². The second-order valence-corrected chi connectivity index (χ2v) is 2.65. The summed E-state index contributed by atoms with van der Waals surface area (Å²) in [6, 6.07) is 12.4. The fourth-order valence-electron chi connectivity index (χ4n) is 0.825. The predicted molar refractivity (Wildman–Crippen MR) is 57.9 cm³/mol. The number of benzene rings is 1. The molecular formula is C11H12N2O. The van der Waals surface area contributed by atoms with Gasteiger partial charge in [0.05, 0.1) is 0 Å². The summed E-state index contributed by atoms with van der Waals surface area (Å²) < 4.78 is 0. The lowest BCUT2D eigenvalue weighted by molar-refractivity contribution is 1.31. The van der Waals surface area contributed by atoms with Crippen LogP contribution in [-0.4, -0.2) is 4.98 Å². The summed E-state index contributed by atoms with van der Waals surface area (Å²) in [5.74, 6) is 0. The highest BCUT2D eigenvalue weighted by molar-refractivity contribution is 5.35. The van der Waals surface area contributed by atoms with Crippen molar-refractivity contribution in [1.29, 1.82) is 0 Å². The number of pyridine rings is 1. The zero-order valence-corrected chi connectivity index (χ0v) is 7.68. The Bertz CT molecular complexity index is 391. The molecule has 0 aliphatic rings. The molecule has 0 spiro atoms. The van der Waals surface area contributed by atoms with Crippen molar-refractivity contribution in [2.45, 2.75) is 0 Å². The number of aromatic nitrogens is 1. The number of hydrogen-bond acceptors (Lipinski definition) is 2. The molecule has 14 heavy (non-hydrogen) atoms. The van der Waals surface area contributed by atoms with Crippen LogP contribution < -0.4 is 11.2 Å². The quantitative estimate of drug-likeness (QED) is 0.617. The van der Waals surface area contributed by atoms with Crippen LogP contribution in [0.4, 0.5) is 5.69 Å². The first kappa shape index (κ1) is 10.1. The van der Waals surface area contributed by atoms with Gasteiger partial charge < -0.3 is 10.7 Å². The first-order valence-corrected chi connectivity index (χ1v) is 4.22. The monoisotopic (exact) mass is 188 g/mol. The molecular weight excluding hydrogens is 176 g/mol. The number of nitrogens with one attached hydrogen (secondary N) is 1. The molecule has 3 nitrogen and oxygen atoms in total. The Labute approximate surface area is 82.2 Å². The maximum atomic E-state index is 10.2. The molecule has 0 fully saturated rings. The van der Waals surface area contributed by atoms with Crippen molar-refractivity contribution in [1.82, 2.24) is 4.98 Å². The number of para-hydroxylation sites is 1. The molecule has 2 rings (SSSR count). The molecule has 0 unspecified atom stereocenters. The Hall–Kier alpha value is -2.03. The highest BCUT2D eigenvalue weighted by Crippen LogP contribution is 1.95. The summed E-state index contributed by atoms with van der Waals surface area (Å²) >= 11 is 0. The lowest BCUT2D eigenvalue weighted by atomic mass is 10.3. The largest absolute Gasteiger partial charge is 0.399 e. The van der Waals surface area contributed by atoms with Crippen LogP contribution in [0, 0.1) is 0 Å². The fourth-order valence-corrected chi connectivity index (χ4v) is 0.825. The number of aromatic amines is 1. The smallest absolute Gasteiger partial charge is 0.181 e. The maximum Gasteiger partial charge on any atom is 0.181 e. The van der Waals surface area contributed by atoms with Gasteiger partial charge in [0.1, 0.15) is 0 Å². The molecule has 1 aromatic heterocycles. The summed E-state index contributed by atoms with van der Waals surface area (Å²) in [4.78, 5) is 13.0. The summed E-state index contributed by atoms with van der Waals surface area (Å²) in [7, 11) is 0. The Balaban J connectivity index is 0.000000140. The van der Waals surface area contributed by atoms with Crippen LogP contribution in [0.5, 0.6) is 0 Å². The molecule has 0 aliphatic carbocycles. The van der Waals surface area contributed by atoms with E-state index >= 15 is 0 Å². The molecule has 1 aromatic carbocycles. The van der Waals surface area contributed by atoms with E-state index in [0.717, 1.165) is 5.69 Å². The molecule has 1 heterocycles. The molecule has 0 atom stereocenters. The lowest BCUT2D eigenvalue weighted by Crippen LogP contribution is -1.92. The van der Waals surface area contributed by atoms with Gasteiger partial charge in [-0.1, -0.05) is 18.2 Å². The van der Waals surface area contributed by atoms with E-state index in [4.69, 9.17) is 5.73 Å². The maximum absolute atomic E-state index is 10.2. The Morgan fingerprint density at radius 1 is 0.929 bits per heavy atom. The molecule has 0 bridgehead atoms. The number of rotatable bonds is 0. The second kappa shape index (κ2) is 5.59. The van der Waals surface area contributed by atoms with E-state index in [1.165, 1.54) is 12.1 Å². The van der Waals surface area contributed by atoms with Crippen molar-refractivity contribution in [3.8, 4) is 0 Å². The van der Waals surface area contributed by atoms with Gasteiger partial charge in [0.2, 0.25) is 0 Å². The lowest BCUT2D eigenvalue weighted by Gasteiger charge is -1.83. The second-order valence-electron chi connectivity index (χ2n) is 2.65. The standard InChI is InChI=1S/C6H7N.C5H5NO/c7-6-4-2-1-3-5-6;7-5-1-3-6-4-2-5/h1-5H,7H2;1-4H,(H,6,7). The number of anilines is 1. The first-order chi connectivity index (χ1) is 6.79. The Morgan fingerprint density at radius 3 is 1.79 bits per heavy atom. The van der Waals surface area contributed by atoms with Crippen LogP contribution in [0.25, 0.3) is 0 Å². The predicted octanol–water partition coefficient (Wildman–Crippen LogP) is 1.64. The Morgan fingerprint density at radius 2 is 1.50 bits per heavy atom. The normalized spacial score (nSPS) is 8.57. The number of nitrogen functional groups attached to an aromatic ring is 1. The van der Waals surface area contributed by atoms with Gasteiger partial charge in [0, 0.05) is 30.2 Å². The zero-order valence-electron chi connectivity index (χ0n) is 7.68. The number of H-pyrrole nitrogens is 1. The number of hydrogen-bond donors (Lipinski definition) is 2. The van der Waals surface area contributed by atoms with Crippen molar-refractivity contribution < 1.29 is 0 Å². The van der Waals surface area contributed by atoms with Crippen LogP contribution >= 0.6 is 0 Å². The van der Waals surface area contributed by atoms with Gasteiger partial charge in [-0.2, -0.15) is 0 Å². The van der Waals surface area contributed by atoms with Gasteiger partial charge in [-0.15, -0.1) is 0 Å². The zero-order chi connectivity index (χ0) is 10.2. The minimum absolute atomic E-state index is 0.0405. The highest BCUT2D eigenvalue weighted by atomic mass is 16.1. The van der Waals surface area contributed by atoms with Gasteiger partial charge in [-0.25, -0.2) is 0 Å². The molecule has 3 N–H and O–H groups in total. The van der Waals surface area contributed by atoms with E-state index in [1.807, 2.05) is 30.3 Å². The summed E-state index contributed by atoms with van der Waals surface area (Å²) in [6.07, 6.45) is 3.20. The van der Waals surface area contributed by atoms with E-state index in [-0.39, 0.29) is 5.43 Å². The van der Waals surface area contributed by atoms with Crippen molar-refractivity contribution in [2.75, 3.05) is 5.73 Å². The first-order valence-electron chi connectivity index (χ1n) is 4.22. The van der Waals surface area contributed by atoms with Crippen LogP contribution in [0.1, 0.15) is 0 Å². The molecule has 72 valence electrons. The van der Waals surface area contributed by atoms with Gasteiger partial charge in [-0.3, -0.25) is 4.79 Å². The van der Waals surface area contributed by atoms with E-state index in [9.17, 15) is 4.79 Å². The molecule has 3 heteroatoms. The van der Waals surface area contributed by atoms with Gasteiger partial charge in [0.15, 0.2) is 5.43 Å². The van der Waals surface area contributed by atoms with Crippen LogP contribution in [0.2, 0.25) is 0 Å². The van der Waals surface area contributed by atoms with E-state index in [1.54, 1.807) is 12.4 Å². The average molecular weight is 188 g/mol. The van der Waals surface area contributed by atoms with Crippen molar-refractivity contribution >= 4 is 5.69 Å². The molecule has 0 saturated heterocycles. The molecule has 0 amide bonds. The highest BCUT2D eigenvalue weighted by Gasteiger charge is 1.72. The Kier molecular flexibility index (Phi) is 4.01. The third-order valence-corrected chi connectivity index (χ3v) is 1.49. The van der Waals surface area contributed by atoms with Crippen LogP contribution in [0.3, 0.4) is 0 Å². The summed E-state index contributed by atoms with van der Waals surface area (Å²) in [5.41, 5.74) is 6.22. The van der Waals surface area contributed by atoms with Crippen LogP contribution in [0.15, 0.2) is 59.7 Å². The third kappa shape index (κ3) is 4.11. The van der Waals surface area contributed by atoms with Crippen molar-refractivity contribution in [3.63, 3.8) is 0 Å². The number of nitrogens with two attached hydrogens (primary N) is 1. The van der Waals surface area contributed by atoms with E-state index < -0.39 is 0 Å². The SMILES string of the molecule is Nc1ccccc1.O=c1cc[nH]cc1. The fraction of sp³-hybridized carbons (Fsp3) is 0. The van der Waals surface area contributed by atoms with Gasteiger partial charge >= 0.3 is 0 Å². The average Bonchev–Trinajstić information content (AvgIpc) is 2.21. The molecule has 2 aromatic rings. The minimum Gasteiger partial charge on any atom is -0.399 e.